The van der Waals surface area contributed by atoms with Crippen LogP contribution in [-0.2, 0) is 6.61 Å². The van der Waals surface area contributed by atoms with Gasteiger partial charge >= 0.3 is 0 Å². The summed E-state index contributed by atoms with van der Waals surface area (Å²) in [7, 11) is 0. The molecule has 0 spiro atoms. The minimum absolute atomic E-state index is 0.0398. The lowest BCUT2D eigenvalue weighted by molar-refractivity contribution is 0.303. The fraction of sp³-hybridized carbons (Fsp3) is 0.200. The second-order valence-corrected chi connectivity index (χ2v) is 4.58. The van der Waals surface area contributed by atoms with Crippen molar-refractivity contribution >= 4 is 11.6 Å². The van der Waals surface area contributed by atoms with Gasteiger partial charge in [0.25, 0.3) is 0 Å². The molecule has 0 fully saturated rings. The molecule has 0 N–H and O–H groups in total. The van der Waals surface area contributed by atoms with E-state index in [-0.39, 0.29) is 5.38 Å². The topological polar surface area (TPSA) is 9.23 Å². The van der Waals surface area contributed by atoms with Crippen molar-refractivity contribution in [3.63, 3.8) is 0 Å². The summed E-state index contributed by atoms with van der Waals surface area (Å²) in [6, 6.07) is 18.0. The molecule has 0 aliphatic carbocycles. The molecule has 1 nitrogen and oxygen atoms in total. The Labute approximate surface area is 107 Å². The lowest BCUT2D eigenvalue weighted by atomic mass is 10.1. The van der Waals surface area contributed by atoms with Crippen LogP contribution >= 0.6 is 11.6 Å². The normalized spacial score (nSPS) is 12.1. The average molecular weight is 247 g/mol. The Morgan fingerprint density at radius 1 is 1.00 bits per heavy atom. The lowest BCUT2D eigenvalue weighted by Crippen LogP contribution is -1.98. The molecule has 2 aromatic rings. The standard InChI is InChI=1S/C15H15ClO/c1-12(16)14-9-5-6-10-15(14)17-11-13-7-3-2-4-8-13/h2-10,12H,11H2,1H3. The molecule has 0 amide bonds. The molecule has 0 saturated heterocycles. The first-order chi connectivity index (χ1) is 8.27. The molecule has 17 heavy (non-hydrogen) atoms. The average Bonchev–Trinajstić information content (AvgIpc) is 2.38. The minimum Gasteiger partial charge on any atom is -0.489 e. The molecular weight excluding hydrogens is 232 g/mol. The van der Waals surface area contributed by atoms with Crippen LogP contribution in [0.15, 0.2) is 54.6 Å². The summed E-state index contributed by atoms with van der Waals surface area (Å²) in [6.45, 7) is 2.52. The summed E-state index contributed by atoms with van der Waals surface area (Å²) in [5.41, 5.74) is 2.19. The fourth-order valence-corrected chi connectivity index (χ4v) is 1.86. The second kappa shape index (κ2) is 5.74. The molecule has 0 aliphatic heterocycles. The maximum atomic E-state index is 6.11. The van der Waals surface area contributed by atoms with Crippen LogP contribution < -0.4 is 4.74 Å². The molecular formula is C15H15ClO. The Kier molecular flexibility index (Phi) is 4.05. The Morgan fingerprint density at radius 3 is 2.35 bits per heavy atom. The third-order valence-corrected chi connectivity index (χ3v) is 2.82. The third-order valence-electron chi connectivity index (χ3n) is 2.58. The van der Waals surface area contributed by atoms with Crippen LogP contribution in [0.5, 0.6) is 5.75 Å². The predicted molar refractivity (Wildman–Crippen MR) is 71.5 cm³/mol. The highest BCUT2D eigenvalue weighted by molar-refractivity contribution is 6.20. The summed E-state index contributed by atoms with van der Waals surface area (Å²) < 4.78 is 5.80. The Morgan fingerprint density at radius 2 is 1.65 bits per heavy atom. The van der Waals surface area contributed by atoms with E-state index in [4.69, 9.17) is 16.3 Å². The highest BCUT2D eigenvalue weighted by Gasteiger charge is 2.08. The van der Waals surface area contributed by atoms with Gasteiger partial charge in [0.05, 0.1) is 5.38 Å². The molecule has 2 rings (SSSR count). The van der Waals surface area contributed by atoms with Crippen molar-refractivity contribution in [3.05, 3.63) is 65.7 Å². The Balaban J connectivity index is 2.09. The molecule has 1 atom stereocenters. The van der Waals surface area contributed by atoms with Gasteiger partial charge in [-0.1, -0.05) is 48.5 Å². The summed E-state index contributed by atoms with van der Waals surface area (Å²) in [5.74, 6) is 0.860. The van der Waals surface area contributed by atoms with Crippen LogP contribution in [0.2, 0.25) is 0 Å². The van der Waals surface area contributed by atoms with E-state index in [1.807, 2.05) is 61.5 Å². The zero-order valence-corrected chi connectivity index (χ0v) is 10.5. The number of benzene rings is 2. The van der Waals surface area contributed by atoms with E-state index in [1.54, 1.807) is 0 Å². The SMILES string of the molecule is CC(Cl)c1ccccc1OCc1ccccc1. The largest absolute Gasteiger partial charge is 0.489 e. The number of ether oxygens (including phenoxy) is 1. The number of rotatable bonds is 4. The monoisotopic (exact) mass is 246 g/mol. The molecule has 2 heteroatoms. The number of hydrogen-bond acceptors (Lipinski definition) is 1. The summed E-state index contributed by atoms with van der Waals surface area (Å²) in [5, 5.41) is -0.0398. The number of hydrogen-bond donors (Lipinski definition) is 0. The first kappa shape index (κ1) is 12.0. The van der Waals surface area contributed by atoms with E-state index in [9.17, 15) is 0 Å². The van der Waals surface area contributed by atoms with Gasteiger partial charge in [-0.15, -0.1) is 11.6 Å². The van der Waals surface area contributed by atoms with E-state index in [2.05, 4.69) is 0 Å². The number of halogens is 1. The molecule has 0 bridgehead atoms. The minimum atomic E-state index is -0.0398. The zero-order valence-electron chi connectivity index (χ0n) is 9.77. The van der Waals surface area contributed by atoms with Crippen molar-refractivity contribution < 1.29 is 4.74 Å². The highest BCUT2D eigenvalue weighted by Crippen LogP contribution is 2.29. The van der Waals surface area contributed by atoms with Crippen molar-refractivity contribution in [2.45, 2.75) is 18.9 Å². The molecule has 1 unspecified atom stereocenters. The maximum Gasteiger partial charge on any atom is 0.124 e. The summed E-state index contributed by atoms with van der Waals surface area (Å²) >= 11 is 6.11. The fourth-order valence-electron chi connectivity index (χ4n) is 1.68. The molecule has 0 heterocycles. The van der Waals surface area contributed by atoms with Crippen molar-refractivity contribution in [2.24, 2.45) is 0 Å². The first-order valence-electron chi connectivity index (χ1n) is 5.67. The summed E-state index contributed by atoms with van der Waals surface area (Å²) in [6.07, 6.45) is 0. The van der Waals surface area contributed by atoms with Crippen molar-refractivity contribution in [3.8, 4) is 5.75 Å². The van der Waals surface area contributed by atoms with Gasteiger partial charge in [-0.25, -0.2) is 0 Å². The summed E-state index contributed by atoms with van der Waals surface area (Å²) in [4.78, 5) is 0. The van der Waals surface area contributed by atoms with E-state index in [0.717, 1.165) is 16.9 Å². The molecule has 0 aromatic heterocycles. The smallest absolute Gasteiger partial charge is 0.124 e. The molecule has 0 radical (unpaired) electrons. The van der Waals surface area contributed by atoms with Crippen LogP contribution in [0, 0.1) is 0 Å². The molecule has 0 aliphatic rings. The highest BCUT2D eigenvalue weighted by atomic mass is 35.5. The Bertz CT molecular complexity index is 465. The second-order valence-electron chi connectivity index (χ2n) is 3.93. The van der Waals surface area contributed by atoms with E-state index < -0.39 is 0 Å². The van der Waals surface area contributed by atoms with Gasteiger partial charge < -0.3 is 4.74 Å². The van der Waals surface area contributed by atoms with Crippen molar-refractivity contribution in [2.75, 3.05) is 0 Å². The zero-order chi connectivity index (χ0) is 12.1. The lowest BCUT2D eigenvalue weighted by Gasteiger charge is -2.12. The van der Waals surface area contributed by atoms with Gasteiger partial charge in [0.15, 0.2) is 0 Å². The molecule has 0 saturated carbocycles. The van der Waals surface area contributed by atoms with Crippen LogP contribution in [0.3, 0.4) is 0 Å². The van der Waals surface area contributed by atoms with Crippen LogP contribution in [0.4, 0.5) is 0 Å². The predicted octanol–water partition coefficient (Wildman–Crippen LogP) is 4.57. The molecule has 2 aromatic carbocycles. The van der Waals surface area contributed by atoms with Gasteiger partial charge in [-0.3, -0.25) is 0 Å². The van der Waals surface area contributed by atoms with E-state index in [1.165, 1.54) is 0 Å². The van der Waals surface area contributed by atoms with Gasteiger partial charge in [0, 0.05) is 5.56 Å². The van der Waals surface area contributed by atoms with Gasteiger partial charge in [0.1, 0.15) is 12.4 Å². The first-order valence-corrected chi connectivity index (χ1v) is 6.11. The third kappa shape index (κ3) is 3.24. The van der Waals surface area contributed by atoms with E-state index >= 15 is 0 Å². The quantitative estimate of drug-likeness (QED) is 0.719. The van der Waals surface area contributed by atoms with Crippen molar-refractivity contribution in [1.82, 2.24) is 0 Å². The van der Waals surface area contributed by atoms with Crippen LogP contribution in [0.1, 0.15) is 23.4 Å². The Hall–Kier alpha value is -1.47. The van der Waals surface area contributed by atoms with Crippen LogP contribution in [-0.4, -0.2) is 0 Å². The van der Waals surface area contributed by atoms with Gasteiger partial charge in [-0.05, 0) is 18.6 Å². The van der Waals surface area contributed by atoms with Crippen molar-refractivity contribution in [1.29, 1.82) is 0 Å². The number of alkyl halides is 1. The van der Waals surface area contributed by atoms with Crippen LogP contribution in [0.25, 0.3) is 0 Å². The number of para-hydroxylation sites is 1. The van der Waals surface area contributed by atoms with Gasteiger partial charge in [-0.2, -0.15) is 0 Å². The maximum absolute atomic E-state index is 6.11. The van der Waals surface area contributed by atoms with Gasteiger partial charge in [0.2, 0.25) is 0 Å². The van der Waals surface area contributed by atoms with E-state index in [0.29, 0.717) is 6.61 Å². The molecule has 88 valence electrons.